The Bertz CT molecular complexity index is 1170. The Morgan fingerprint density at radius 1 is 0.906 bits per heavy atom. The van der Waals surface area contributed by atoms with Crippen LogP contribution in [0.3, 0.4) is 0 Å². The first-order chi connectivity index (χ1) is 15.3. The van der Waals surface area contributed by atoms with Gasteiger partial charge in [-0.25, -0.2) is 8.42 Å². The fourth-order valence-corrected chi connectivity index (χ4v) is 4.84. The molecule has 1 amide bonds. The molecule has 0 aliphatic carbocycles. The minimum atomic E-state index is -3.91. The highest BCUT2D eigenvalue weighted by Gasteiger charge is 2.27. The summed E-state index contributed by atoms with van der Waals surface area (Å²) in [5.74, 6) is -0.378. The number of carbonyl (C=O) groups is 1. The van der Waals surface area contributed by atoms with Gasteiger partial charge < -0.3 is 5.32 Å². The summed E-state index contributed by atoms with van der Waals surface area (Å²) in [6.07, 6.45) is 0.657. The van der Waals surface area contributed by atoms with E-state index in [0.29, 0.717) is 28.6 Å². The minimum Gasteiger partial charge on any atom is -0.355 e. The summed E-state index contributed by atoms with van der Waals surface area (Å²) in [6, 6.07) is 21.2. The number of hydrogen-bond acceptors (Lipinski definition) is 3. The largest absolute Gasteiger partial charge is 0.355 e. The number of carbonyl (C=O) groups excluding carboxylic acids is 1. The van der Waals surface area contributed by atoms with Crippen LogP contribution >= 0.6 is 23.2 Å². The average Bonchev–Trinajstić information content (AvgIpc) is 2.77. The fourth-order valence-electron chi connectivity index (χ4n) is 3.13. The van der Waals surface area contributed by atoms with Crippen LogP contribution in [0.5, 0.6) is 0 Å². The molecule has 0 aliphatic heterocycles. The number of halogens is 2. The van der Waals surface area contributed by atoms with Crippen LogP contribution in [-0.2, 0) is 27.8 Å². The van der Waals surface area contributed by atoms with Gasteiger partial charge in [-0.15, -0.1) is 0 Å². The number of sulfonamides is 1. The molecule has 0 fully saturated rings. The fraction of sp³-hybridized carbons (Fsp3) is 0.208. The molecule has 5 nitrogen and oxygen atoms in total. The molecular weight excluding hydrogens is 467 g/mol. The van der Waals surface area contributed by atoms with E-state index in [1.807, 2.05) is 37.3 Å². The molecule has 0 radical (unpaired) electrons. The van der Waals surface area contributed by atoms with Gasteiger partial charge >= 0.3 is 0 Å². The predicted molar refractivity (Wildman–Crippen MR) is 128 cm³/mol. The Morgan fingerprint density at radius 3 is 2.25 bits per heavy atom. The lowest BCUT2D eigenvalue weighted by Crippen LogP contribution is -2.40. The lowest BCUT2D eigenvalue weighted by molar-refractivity contribution is -0.121. The van der Waals surface area contributed by atoms with Crippen molar-refractivity contribution in [3.05, 3.63) is 99.5 Å². The van der Waals surface area contributed by atoms with Crippen molar-refractivity contribution in [2.75, 3.05) is 13.1 Å². The number of hydrogen-bond donors (Lipinski definition) is 1. The highest BCUT2D eigenvalue weighted by Crippen LogP contribution is 2.25. The lowest BCUT2D eigenvalue weighted by Gasteiger charge is -2.22. The maximum atomic E-state index is 13.3. The second-order valence-corrected chi connectivity index (χ2v) is 10.2. The Hall–Kier alpha value is -2.38. The number of amides is 1. The van der Waals surface area contributed by atoms with Crippen molar-refractivity contribution in [2.45, 2.75) is 24.8 Å². The van der Waals surface area contributed by atoms with E-state index in [9.17, 15) is 13.2 Å². The molecule has 0 unspecified atom stereocenters. The van der Waals surface area contributed by atoms with Crippen LogP contribution in [0, 0.1) is 6.92 Å². The highest BCUT2D eigenvalue weighted by atomic mass is 35.5. The van der Waals surface area contributed by atoms with E-state index in [1.54, 1.807) is 42.5 Å². The molecule has 0 spiro atoms. The van der Waals surface area contributed by atoms with Crippen LogP contribution < -0.4 is 5.32 Å². The Morgan fingerprint density at radius 2 is 1.59 bits per heavy atom. The third-order valence-corrected chi connectivity index (χ3v) is 7.45. The van der Waals surface area contributed by atoms with E-state index >= 15 is 0 Å². The van der Waals surface area contributed by atoms with Crippen molar-refractivity contribution in [1.82, 2.24) is 9.62 Å². The molecule has 0 aromatic heterocycles. The molecule has 3 rings (SSSR count). The standard InChI is InChI=1S/C24H24Cl2N2O3S/c1-18-7-10-21(11-8-18)32(30,31)28(16-20-9-12-22(25)23(26)15-20)17-24(29)27-14-13-19-5-3-2-4-6-19/h2-12,15H,13-14,16-17H2,1H3,(H,27,29). The first kappa shape index (κ1) is 24.3. The molecule has 3 aromatic carbocycles. The van der Waals surface area contributed by atoms with Gasteiger partial charge in [-0.3, -0.25) is 4.79 Å². The normalized spacial score (nSPS) is 11.5. The average molecular weight is 491 g/mol. The van der Waals surface area contributed by atoms with Crippen molar-refractivity contribution >= 4 is 39.1 Å². The second kappa shape index (κ2) is 11.0. The van der Waals surface area contributed by atoms with E-state index in [4.69, 9.17) is 23.2 Å². The molecule has 0 saturated heterocycles. The molecule has 0 atom stereocenters. The third-order valence-electron chi connectivity index (χ3n) is 4.90. The van der Waals surface area contributed by atoms with Gasteiger partial charge in [0, 0.05) is 13.1 Å². The zero-order valence-corrected chi connectivity index (χ0v) is 19.9. The van der Waals surface area contributed by atoms with E-state index in [1.165, 1.54) is 0 Å². The van der Waals surface area contributed by atoms with Crippen molar-refractivity contribution in [3.8, 4) is 0 Å². The monoisotopic (exact) mass is 490 g/mol. The van der Waals surface area contributed by atoms with Crippen LogP contribution in [0.4, 0.5) is 0 Å². The summed E-state index contributed by atoms with van der Waals surface area (Å²) in [5, 5.41) is 3.51. The quantitative estimate of drug-likeness (QED) is 0.465. The van der Waals surface area contributed by atoms with Crippen LogP contribution in [0.2, 0.25) is 10.0 Å². The van der Waals surface area contributed by atoms with Gasteiger partial charge in [0.1, 0.15) is 0 Å². The smallest absolute Gasteiger partial charge is 0.243 e. The number of aryl methyl sites for hydroxylation is 1. The summed E-state index contributed by atoms with van der Waals surface area (Å²) in [5.41, 5.74) is 2.67. The number of nitrogens with zero attached hydrogens (tertiary/aromatic N) is 1. The van der Waals surface area contributed by atoms with Crippen molar-refractivity contribution < 1.29 is 13.2 Å². The molecule has 3 aromatic rings. The summed E-state index contributed by atoms with van der Waals surface area (Å²) in [4.78, 5) is 12.7. The SMILES string of the molecule is Cc1ccc(S(=O)(=O)N(CC(=O)NCCc2ccccc2)Cc2ccc(Cl)c(Cl)c2)cc1. The first-order valence-electron chi connectivity index (χ1n) is 10.1. The molecule has 0 aliphatic rings. The summed E-state index contributed by atoms with van der Waals surface area (Å²) >= 11 is 12.1. The molecule has 32 heavy (non-hydrogen) atoms. The molecule has 168 valence electrons. The van der Waals surface area contributed by atoms with Gasteiger partial charge in [0.2, 0.25) is 15.9 Å². The molecule has 8 heteroatoms. The van der Waals surface area contributed by atoms with Gasteiger partial charge in [-0.1, -0.05) is 77.3 Å². The number of rotatable bonds is 9. The summed E-state index contributed by atoms with van der Waals surface area (Å²) in [7, 11) is -3.91. The van der Waals surface area contributed by atoms with Crippen LogP contribution in [0.1, 0.15) is 16.7 Å². The zero-order chi connectivity index (χ0) is 23.1. The van der Waals surface area contributed by atoms with Gasteiger partial charge in [-0.2, -0.15) is 4.31 Å². The van der Waals surface area contributed by atoms with Crippen LogP contribution in [0.25, 0.3) is 0 Å². The maximum Gasteiger partial charge on any atom is 0.243 e. The van der Waals surface area contributed by atoms with Crippen molar-refractivity contribution in [3.63, 3.8) is 0 Å². The molecule has 0 saturated carbocycles. The minimum absolute atomic E-state index is 0.0147. The van der Waals surface area contributed by atoms with Crippen molar-refractivity contribution in [1.29, 1.82) is 0 Å². The summed E-state index contributed by atoms with van der Waals surface area (Å²) < 4.78 is 27.8. The lowest BCUT2D eigenvalue weighted by atomic mass is 10.1. The predicted octanol–water partition coefficient (Wildman–Crippen LogP) is 4.85. The van der Waals surface area contributed by atoms with Gasteiger partial charge in [0.25, 0.3) is 0 Å². The van der Waals surface area contributed by atoms with E-state index in [2.05, 4.69) is 5.32 Å². The Labute approximate surface area is 199 Å². The third kappa shape index (κ3) is 6.56. The Kier molecular flexibility index (Phi) is 8.32. The summed E-state index contributed by atoms with van der Waals surface area (Å²) in [6.45, 7) is 1.96. The van der Waals surface area contributed by atoms with Crippen LogP contribution in [-0.4, -0.2) is 31.7 Å². The topological polar surface area (TPSA) is 66.5 Å². The van der Waals surface area contributed by atoms with E-state index in [0.717, 1.165) is 15.4 Å². The van der Waals surface area contributed by atoms with E-state index < -0.39 is 10.0 Å². The number of nitrogens with one attached hydrogen (secondary N) is 1. The molecule has 0 heterocycles. The molecule has 0 bridgehead atoms. The zero-order valence-electron chi connectivity index (χ0n) is 17.6. The molecular formula is C24H24Cl2N2O3S. The highest BCUT2D eigenvalue weighted by molar-refractivity contribution is 7.89. The van der Waals surface area contributed by atoms with Gasteiger partial charge in [-0.05, 0) is 48.7 Å². The van der Waals surface area contributed by atoms with Crippen molar-refractivity contribution in [2.24, 2.45) is 0 Å². The maximum absolute atomic E-state index is 13.3. The van der Waals surface area contributed by atoms with Gasteiger partial charge in [0.15, 0.2) is 0 Å². The van der Waals surface area contributed by atoms with Crippen LogP contribution in [0.15, 0.2) is 77.7 Å². The number of benzene rings is 3. The van der Waals surface area contributed by atoms with E-state index in [-0.39, 0.29) is 23.9 Å². The second-order valence-electron chi connectivity index (χ2n) is 7.42. The Balaban J connectivity index is 1.76. The molecule has 1 N–H and O–H groups in total. The van der Waals surface area contributed by atoms with Gasteiger partial charge in [0.05, 0.1) is 21.5 Å². The first-order valence-corrected chi connectivity index (χ1v) is 12.3.